The summed E-state index contributed by atoms with van der Waals surface area (Å²) in [6.07, 6.45) is 3.01. The van der Waals surface area contributed by atoms with E-state index in [0.29, 0.717) is 34.8 Å². The Hall–Kier alpha value is -3.48. The zero-order chi connectivity index (χ0) is 20.6. The molecule has 0 amide bonds. The van der Waals surface area contributed by atoms with Gasteiger partial charge < -0.3 is 23.4 Å². The number of carbonyl (C=O) groups is 1. The van der Waals surface area contributed by atoms with E-state index in [-0.39, 0.29) is 17.8 Å². The highest BCUT2D eigenvalue weighted by atomic mass is 16.6. The SMILES string of the molecule is CCCCOC(=O)COc1ccc2c(=O)c(Oc3ccc(OC)cc3)coc2c1. The van der Waals surface area contributed by atoms with E-state index >= 15 is 0 Å². The number of fused-ring (bicyclic) bond motifs is 1. The zero-order valence-corrected chi connectivity index (χ0v) is 16.3. The van der Waals surface area contributed by atoms with E-state index in [1.807, 2.05) is 6.92 Å². The summed E-state index contributed by atoms with van der Waals surface area (Å²) < 4.78 is 26.7. The second-order valence-electron chi connectivity index (χ2n) is 6.23. The summed E-state index contributed by atoms with van der Waals surface area (Å²) in [6.45, 7) is 2.18. The van der Waals surface area contributed by atoms with Crippen molar-refractivity contribution in [2.24, 2.45) is 0 Å². The molecule has 0 aliphatic carbocycles. The summed E-state index contributed by atoms with van der Waals surface area (Å²) in [6, 6.07) is 11.6. The van der Waals surface area contributed by atoms with Gasteiger partial charge in [-0.05, 0) is 42.8 Å². The monoisotopic (exact) mass is 398 g/mol. The molecule has 3 rings (SSSR count). The number of benzene rings is 2. The van der Waals surface area contributed by atoms with Crippen molar-refractivity contribution in [3.63, 3.8) is 0 Å². The molecule has 0 fully saturated rings. The molecule has 3 aromatic rings. The van der Waals surface area contributed by atoms with Crippen LogP contribution in [0.3, 0.4) is 0 Å². The average Bonchev–Trinajstić information content (AvgIpc) is 2.75. The van der Waals surface area contributed by atoms with E-state index in [1.54, 1.807) is 49.6 Å². The van der Waals surface area contributed by atoms with Crippen LogP contribution in [-0.4, -0.2) is 26.3 Å². The van der Waals surface area contributed by atoms with Crippen molar-refractivity contribution in [1.29, 1.82) is 0 Å². The largest absolute Gasteiger partial charge is 0.497 e. The number of hydrogen-bond acceptors (Lipinski definition) is 7. The molecule has 1 heterocycles. The quantitative estimate of drug-likeness (QED) is 0.392. The van der Waals surface area contributed by atoms with Gasteiger partial charge in [0, 0.05) is 6.07 Å². The molecular formula is C22H22O7. The predicted molar refractivity (Wildman–Crippen MR) is 107 cm³/mol. The number of carbonyl (C=O) groups excluding carboxylic acids is 1. The lowest BCUT2D eigenvalue weighted by molar-refractivity contribution is -0.146. The van der Waals surface area contributed by atoms with E-state index < -0.39 is 5.97 Å². The smallest absolute Gasteiger partial charge is 0.344 e. The normalized spacial score (nSPS) is 10.6. The van der Waals surface area contributed by atoms with Crippen molar-refractivity contribution in [2.75, 3.05) is 20.3 Å². The molecule has 0 aliphatic rings. The summed E-state index contributed by atoms with van der Waals surface area (Å²) in [5.41, 5.74) is 0.0153. The van der Waals surface area contributed by atoms with E-state index in [2.05, 4.69) is 0 Å². The third-order valence-electron chi connectivity index (χ3n) is 4.12. The lowest BCUT2D eigenvalue weighted by Gasteiger charge is -2.08. The van der Waals surface area contributed by atoms with Crippen LogP contribution in [0.25, 0.3) is 11.0 Å². The van der Waals surface area contributed by atoms with Crippen LogP contribution in [0, 0.1) is 0 Å². The maximum atomic E-state index is 12.7. The fourth-order valence-corrected chi connectivity index (χ4v) is 2.54. The number of rotatable bonds is 9. The maximum Gasteiger partial charge on any atom is 0.344 e. The van der Waals surface area contributed by atoms with Gasteiger partial charge in [-0.25, -0.2) is 4.79 Å². The van der Waals surface area contributed by atoms with Gasteiger partial charge in [0.05, 0.1) is 19.1 Å². The molecular weight excluding hydrogens is 376 g/mol. The molecule has 0 N–H and O–H groups in total. The van der Waals surface area contributed by atoms with Crippen molar-refractivity contribution < 1.29 is 28.2 Å². The Morgan fingerprint density at radius 3 is 2.48 bits per heavy atom. The lowest BCUT2D eigenvalue weighted by atomic mass is 10.2. The van der Waals surface area contributed by atoms with E-state index in [9.17, 15) is 9.59 Å². The summed E-state index contributed by atoms with van der Waals surface area (Å²) in [5, 5.41) is 0.342. The van der Waals surface area contributed by atoms with Crippen LogP contribution in [-0.2, 0) is 9.53 Å². The molecule has 0 saturated heterocycles. The van der Waals surface area contributed by atoms with Crippen molar-refractivity contribution in [3.05, 3.63) is 59.0 Å². The first-order valence-electron chi connectivity index (χ1n) is 9.26. The Kier molecular flexibility index (Phi) is 6.73. The number of esters is 1. The molecule has 29 heavy (non-hydrogen) atoms. The van der Waals surface area contributed by atoms with Gasteiger partial charge in [-0.15, -0.1) is 0 Å². The van der Waals surface area contributed by atoms with Crippen LogP contribution in [0.4, 0.5) is 0 Å². The van der Waals surface area contributed by atoms with E-state index in [1.165, 1.54) is 6.26 Å². The van der Waals surface area contributed by atoms with Crippen LogP contribution in [0.2, 0.25) is 0 Å². The van der Waals surface area contributed by atoms with Crippen molar-refractivity contribution in [2.45, 2.75) is 19.8 Å². The highest BCUT2D eigenvalue weighted by Gasteiger charge is 2.11. The third kappa shape index (κ3) is 5.28. The molecule has 0 unspecified atom stereocenters. The highest BCUT2D eigenvalue weighted by Crippen LogP contribution is 2.25. The lowest BCUT2D eigenvalue weighted by Crippen LogP contribution is -2.15. The van der Waals surface area contributed by atoms with E-state index in [4.69, 9.17) is 23.4 Å². The minimum Gasteiger partial charge on any atom is -0.497 e. The Bertz CT molecular complexity index is 1020. The maximum absolute atomic E-state index is 12.7. The van der Waals surface area contributed by atoms with Crippen LogP contribution in [0.15, 0.2) is 57.9 Å². The highest BCUT2D eigenvalue weighted by molar-refractivity contribution is 5.79. The summed E-state index contributed by atoms with van der Waals surface area (Å²) >= 11 is 0. The molecule has 7 nitrogen and oxygen atoms in total. The first kappa shape index (κ1) is 20.3. The molecule has 0 saturated carbocycles. The Morgan fingerprint density at radius 2 is 1.76 bits per heavy atom. The number of ether oxygens (including phenoxy) is 4. The van der Waals surface area contributed by atoms with Gasteiger partial charge in [-0.2, -0.15) is 0 Å². The fourth-order valence-electron chi connectivity index (χ4n) is 2.54. The van der Waals surface area contributed by atoms with Crippen LogP contribution >= 0.6 is 0 Å². The minimum absolute atomic E-state index is 0.0656. The summed E-state index contributed by atoms with van der Waals surface area (Å²) in [4.78, 5) is 24.3. The van der Waals surface area contributed by atoms with Crippen molar-refractivity contribution in [1.82, 2.24) is 0 Å². The molecule has 0 atom stereocenters. The van der Waals surface area contributed by atoms with Gasteiger partial charge in [-0.1, -0.05) is 13.3 Å². The molecule has 152 valence electrons. The van der Waals surface area contributed by atoms with Gasteiger partial charge in [0.2, 0.25) is 11.2 Å². The second-order valence-corrected chi connectivity index (χ2v) is 6.23. The van der Waals surface area contributed by atoms with Crippen molar-refractivity contribution in [3.8, 4) is 23.0 Å². The van der Waals surface area contributed by atoms with Crippen LogP contribution < -0.4 is 19.6 Å². The summed E-state index contributed by atoms with van der Waals surface area (Å²) in [7, 11) is 1.57. The second kappa shape index (κ2) is 9.64. The Morgan fingerprint density at radius 1 is 1.03 bits per heavy atom. The third-order valence-corrected chi connectivity index (χ3v) is 4.12. The number of methoxy groups -OCH3 is 1. The molecule has 0 aliphatic heterocycles. The van der Waals surface area contributed by atoms with Gasteiger partial charge in [0.1, 0.15) is 29.1 Å². The number of unbranched alkanes of at least 4 members (excludes halogenated alkanes) is 1. The van der Waals surface area contributed by atoms with Crippen LogP contribution in [0.5, 0.6) is 23.0 Å². The predicted octanol–water partition coefficient (Wildman–Crippen LogP) is 4.32. The average molecular weight is 398 g/mol. The Labute approximate surface area is 167 Å². The zero-order valence-electron chi connectivity index (χ0n) is 16.3. The first-order valence-corrected chi connectivity index (χ1v) is 9.26. The number of hydrogen-bond donors (Lipinski definition) is 0. The van der Waals surface area contributed by atoms with Crippen molar-refractivity contribution >= 4 is 16.9 Å². The standard InChI is InChI=1S/C22H22O7/c1-3-4-11-26-21(23)14-27-17-9-10-18-19(12-17)28-13-20(22(18)24)29-16-7-5-15(25-2)6-8-16/h5-10,12-13H,3-4,11,14H2,1-2H3. The Balaban J connectivity index is 1.70. The molecule has 7 heteroatoms. The van der Waals surface area contributed by atoms with E-state index in [0.717, 1.165) is 12.8 Å². The van der Waals surface area contributed by atoms with Gasteiger partial charge in [0.25, 0.3) is 0 Å². The van der Waals surface area contributed by atoms with Gasteiger partial charge in [0.15, 0.2) is 6.61 Å². The van der Waals surface area contributed by atoms with Crippen LogP contribution in [0.1, 0.15) is 19.8 Å². The van der Waals surface area contributed by atoms with Gasteiger partial charge >= 0.3 is 5.97 Å². The van der Waals surface area contributed by atoms with Gasteiger partial charge in [-0.3, -0.25) is 4.79 Å². The topological polar surface area (TPSA) is 84.2 Å². The molecule has 1 aromatic heterocycles. The molecule has 0 spiro atoms. The fraction of sp³-hybridized carbons (Fsp3) is 0.273. The first-order chi connectivity index (χ1) is 14.1. The minimum atomic E-state index is -0.441. The summed E-state index contributed by atoms with van der Waals surface area (Å²) in [5.74, 6) is 1.19. The molecule has 0 radical (unpaired) electrons. The molecule has 2 aromatic carbocycles. The molecule has 0 bridgehead atoms.